The van der Waals surface area contributed by atoms with Gasteiger partial charge in [0.1, 0.15) is 11.5 Å². The maximum Gasteiger partial charge on any atom is 0.387 e. The molecule has 0 spiro atoms. The number of piperidine rings is 2. The Hall–Kier alpha value is -8.64. The highest BCUT2D eigenvalue weighted by Crippen LogP contribution is 2.30. The molecule has 20 nitrogen and oxygen atoms in total. The van der Waals surface area contributed by atoms with Crippen molar-refractivity contribution < 1.29 is 46.8 Å². The molecule has 0 radical (unpaired) electrons. The average Bonchev–Trinajstić information content (AvgIpc) is 3.96. The molecule has 0 bridgehead atoms. The predicted molar refractivity (Wildman–Crippen MR) is 281 cm³/mol. The van der Waals surface area contributed by atoms with Crippen molar-refractivity contribution in [2.45, 2.75) is 77.3 Å². The monoisotopic (exact) mass is 1080 g/mol. The second-order valence-corrected chi connectivity index (χ2v) is 19.1. The lowest BCUT2D eigenvalue weighted by atomic mass is 10.1. The van der Waals surface area contributed by atoms with Crippen LogP contribution in [0.4, 0.5) is 29.5 Å². The summed E-state index contributed by atoms with van der Waals surface area (Å²) in [6.07, 6.45) is 9.04. The van der Waals surface area contributed by atoms with Gasteiger partial charge < -0.3 is 40.1 Å². The van der Waals surface area contributed by atoms with E-state index < -0.39 is 13.2 Å². The third kappa shape index (κ3) is 12.0. The lowest BCUT2D eigenvalue weighted by Crippen LogP contribution is -2.41. The van der Waals surface area contributed by atoms with Crippen molar-refractivity contribution in [1.29, 1.82) is 0 Å². The van der Waals surface area contributed by atoms with Crippen molar-refractivity contribution in [2.75, 3.05) is 37.8 Å². The standard InChI is InChI=1S/2C27H28F2N6O4/c2*1-33-8-7-20(11-24(33)37)32-27-30-12-19(13-31-27)17-4-5-21-22(10-17)35(34(2)25(21)38)14-18-9-16(15-36)3-6-23(18)39-26(28)29/h2*3-6,9-10,12-13,20,26,36H,7-8,11,14-15H2,1-2H3,(H,30,31,32)/t20-;/m0./s1. The van der Waals surface area contributed by atoms with Crippen LogP contribution in [0.15, 0.2) is 107 Å². The molecule has 2 saturated heterocycles. The molecule has 6 heterocycles. The Morgan fingerprint density at radius 1 is 0.551 bits per heavy atom. The summed E-state index contributed by atoms with van der Waals surface area (Å²) in [4.78, 5) is 70.9. The van der Waals surface area contributed by atoms with E-state index in [1.807, 2.05) is 12.1 Å². The number of anilines is 2. The number of hydrogen-bond donors (Lipinski definition) is 4. The largest absolute Gasteiger partial charge is 0.434 e. The van der Waals surface area contributed by atoms with E-state index in [0.29, 0.717) is 93.0 Å². The molecule has 2 aliphatic rings. The summed E-state index contributed by atoms with van der Waals surface area (Å²) in [6.45, 7) is -5.10. The maximum atomic E-state index is 13.0. The lowest BCUT2D eigenvalue weighted by Gasteiger charge is -2.29. The van der Waals surface area contributed by atoms with Gasteiger partial charge in [0, 0.05) is 113 Å². The number of likely N-dealkylation sites (tertiary alicyclic amines) is 2. The number of aromatic nitrogens is 8. The number of aliphatic hydroxyl groups is 2. The van der Waals surface area contributed by atoms with Gasteiger partial charge in [-0.05, 0) is 83.6 Å². The van der Waals surface area contributed by atoms with Crippen LogP contribution in [0.25, 0.3) is 44.1 Å². The van der Waals surface area contributed by atoms with E-state index in [-0.39, 0.29) is 72.8 Å². The number of hydrogen-bond acceptors (Lipinski definition) is 14. The van der Waals surface area contributed by atoms with E-state index in [9.17, 15) is 47.0 Å². The Labute approximate surface area is 443 Å². The zero-order valence-corrected chi connectivity index (χ0v) is 42.9. The first-order chi connectivity index (χ1) is 37.5. The van der Waals surface area contributed by atoms with Crippen LogP contribution in [0.5, 0.6) is 11.5 Å². The molecule has 4 N–H and O–H groups in total. The Bertz CT molecular complexity index is 3370. The van der Waals surface area contributed by atoms with Gasteiger partial charge in [-0.2, -0.15) is 17.6 Å². The van der Waals surface area contributed by atoms with E-state index in [1.165, 1.54) is 33.6 Å². The average molecular weight is 1080 g/mol. The molecule has 2 aliphatic heterocycles. The predicted octanol–water partition coefficient (Wildman–Crippen LogP) is 5.94. The zero-order valence-electron chi connectivity index (χ0n) is 42.9. The number of benzene rings is 4. The van der Waals surface area contributed by atoms with Crippen molar-refractivity contribution in [2.24, 2.45) is 14.1 Å². The highest BCUT2D eigenvalue weighted by Gasteiger charge is 2.26. The summed E-state index contributed by atoms with van der Waals surface area (Å²) in [7, 11) is 6.77. The number of rotatable bonds is 16. The highest BCUT2D eigenvalue weighted by atomic mass is 19.3. The van der Waals surface area contributed by atoms with Gasteiger partial charge in [-0.1, -0.05) is 24.3 Å². The Morgan fingerprint density at radius 2 is 0.936 bits per heavy atom. The molecule has 0 aliphatic carbocycles. The molecule has 4 aromatic carbocycles. The maximum absolute atomic E-state index is 13.0. The summed E-state index contributed by atoms with van der Waals surface area (Å²) >= 11 is 0. The van der Waals surface area contributed by atoms with Crippen molar-refractivity contribution in [3.63, 3.8) is 0 Å². The van der Waals surface area contributed by atoms with Crippen LogP contribution >= 0.6 is 0 Å². The molecule has 408 valence electrons. The topological polar surface area (TPSA) is 229 Å². The van der Waals surface area contributed by atoms with E-state index in [2.05, 4.69) is 40.0 Å². The second kappa shape index (κ2) is 23.3. The first kappa shape index (κ1) is 54.2. The smallest absolute Gasteiger partial charge is 0.387 e. The minimum atomic E-state index is -3.02. The Balaban J connectivity index is 0.000000190. The van der Waals surface area contributed by atoms with E-state index in [1.54, 1.807) is 109 Å². The van der Waals surface area contributed by atoms with Crippen molar-refractivity contribution >= 4 is 45.5 Å². The lowest BCUT2D eigenvalue weighted by molar-refractivity contribution is -0.132. The number of carbonyl (C=O) groups excluding carboxylic acids is 2. The fourth-order valence-electron chi connectivity index (χ4n) is 9.54. The first-order valence-corrected chi connectivity index (χ1v) is 24.9. The number of nitrogens with zero attached hydrogens (tertiary/aromatic N) is 10. The second-order valence-electron chi connectivity index (χ2n) is 19.1. The fourth-order valence-corrected chi connectivity index (χ4v) is 9.54. The number of fused-ring (bicyclic) bond motifs is 2. The summed E-state index contributed by atoms with van der Waals surface area (Å²) in [5.74, 6) is 0.941. The number of alkyl halides is 4. The highest BCUT2D eigenvalue weighted by molar-refractivity contribution is 5.86. The van der Waals surface area contributed by atoms with Gasteiger partial charge >= 0.3 is 13.2 Å². The van der Waals surface area contributed by atoms with Gasteiger partial charge in [-0.15, -0.1) is 0 Å². The zero-order chi connectivity index (χ0) is 55.4. The number of ether oxygens (including phenoxy) is 2. The van der Waals surface area contributed by atoms with Gasteiger partial charge in [-0.25, -0.2) is 19.9 Å². The number of nitrogens with one attached hydrogen (secondary N) is 2. The molecule has 4 aromatic heterocycles. The van der Waals surface area contributed by atoms with Gasteiger partial charge in [-0.3, -0.25) is 37.9 Å². The van der Waals surface area contributed by atoms with Gasteiger partial charge in [0.25, 0.3) is 11.1 Å². The number of aliphatic hydroxyl groups excluding tert-OH is 2. The van der Waals surface area contributed by atoms with Crippen LogP contribution in [0.2, 0.25) is 0 Å². The van der Waals surface area contributed by atoms with Gasteiger partial charge in [0.2, 0.25) is 23.7 Å². The van der Waals surface area contributed by atoms with Gasteiger partial charge in [0.05, 0.1) is 48.1 Å². The van der Waals surface area contributed by atoms with E-state index >= 15 is 0 Å². The van der Waals surface area contributed by atoms with Crippen molar-refractivity contribution in [3.8, 4) is 33.8 Å². The number of halogens is 4. The summed E-state index contributed by atoms with van der Waals surface area (Å²) < 4.78 is 67.6. The minimum absolute atomic E-state index is 0.0297. The molecule has 2 atom stereocenters. The molecule has 10 rings (SSSR count). The van der Waals surface area contributed by atoms with Crippen LogP contribution in [0.1, 0.15) is 47.9 Å². The first-order valence-electron chi connectivity index (χ1n) is 24.9. The summed E-state index contributed by atoms with van der Waals surface area (Å²) in [6, 6.07) is 19.5. The van der Waals surface area contributed by atoms with Crippen LogP contribution < -0.4 is 31.2 Å². The quantitative estimate of drug-likeness (QED) is 0.0822. The molecular weight excluding hydrogens is 1020 g/mol. The van der Waals surface area contributed by atoms with Gasteiger partial charge in [0.15, 0.2) is 0 Å². The third-order valence-electron chi connectivity index (χ3n) is 14.0. The summed E-state index contributed by atoms with van der Waals surface area (Å²) in [5.41, 5.74) is 5.50. The van der Waals surface area contributed by atoms with Crippen LogP contribution in [-0.4, -0.2) is 123 Å². The molecule has 0 saturated carbocycles. The summed E-state index contributed by atoms with van der Waals surface area (Å²) in [5, 5.41) is 26.4. The van der Waals surface area contributed by atoms with E-state index in [4.69, 9.17) is 0 Å². The van der Waals surface area contributed by atoms with E-state index in [0.717, 1.165) is 24.0 Å². The van der Waals surface area contributed by atoms with Crippen LogP contribution in [0, 0.1) is 0 Å². The van der Waals surface area contributed by atoms with Crippen LogP contribution in [0.3, 0.4) is 0 Å². The molecule has 24 heteroatoms. The number of amides is 2. The van der Waals surface area contributed by atoms with Crippen molar-refractivity contribution in [3.05, 3.63) is 141 Å². The van der Waals surface area contributed by atoms with Crippen LogP contribution in [-0.2, 0) is 50.0 Å². The molecule has 78 heavy (non-hydrogen) atoms. The number of carbonyl (C=O) groups is 2. The SMILES string of the molecule is CN1CCC(Nc2ncc(-c3ccc4c(=O)n(C)n(Cc5cc(CO)ccc5OC(F)F)c4c3)cn2)CC1=O.CN1CC[C@H](Nc2ncc(-c3ccc4c(=O)n(C)n(Cc5cc(CO)ccc5OC(F)F)c4c3)cn2)CC1=O. The third-order valence-corrected chi connectivity index (χ3v) is 14.0. The molecular formula is C54H56F4N12O8. The molecule has 8 aromatic rings. The molecule has 2 fully saturated rings. The minimum Gasteiger partial charge on any atom is -0.434 e. The molecule has 2 amide bonds. The van der Waals surface area contributed by atoms with Crippen molar-refractivity contribution in [1.82, 2.24) is 48.5 Å². The fraction of sp³-hybridized carbons (Fsp3) is 0.333. The Morgan fingerprint density at radius 3 is 1.28 bits per heavy atom. The normalized spacial score (nSPS) is 15.8. The molecule has 1 unspecified atom stereocenters. The Kier molecular flexibility index (Phi) is 16.2.